The van der Waals surface area contributed by atoms with E-state index < -0.39 is 14.1 Å². The zero-order chi connectivity index (χ0) is 28.5. The molecule has 4 heteroatoms. The van der Waals surface area contributed by atoms with Gasteiger partial charge >= 0.3 is 0 Å². The molecule has 0 radical (unpaired) electrons. The first kappa shape index (κ1) is 26.7. The summed E-state index contributed by atoms with van der Waals surface area (Å²) in [6.45, 7) is 5.89. The Morgan fingerprint density at radius 3 is 2.24 bits per heavy atom. The van der Waals surface area contributed by atoms with Gasteiger partial charge in [0.25, 0.3) is 14.1 Å². The minimum Gasteiger partial charge on any atom is -0.309 e. The van der Waals surface area contributed by atoms with Gasteiger partial charge in [0.05, 0.1) is 22.4 Å². The number of benzene rings is 5. The lowest BCUT2D eigenvalue weighted by Crippen LogP contribution is -2.21. The van der Waals surface area contributed by atoms with Crippen LogP contribution < -0.4 is 4.43 Å². The van der Waals surface area contributed by atoms with Crippen molar-refractivity contribution in [2.75, 3.05) is 0 Å². The van der Waals surface area contributed by atoms with E-state index in [1.807, 2.05) is 42.5 Å². The molecule has 0 aliphatic rings. The zero-order valence-electron chi connectivity index (χ0n) is 23.7. The number of nitrogens with zero attached hydrogens (tertiary/aromatic N) is 2. The Bertz CT molecular complexity index is 1960. The number of fused-ring (bicyclic) bond motifs is 3. The summed E-state index contributed by atoms with van der Waals surface area (Å²) in [5.41, 5.74) is 9.94. The maximum atomic E-state index is 8.78. The third-order valence-corrected chi connectivity index (χ3v) is 9.53. The number of aliphatic imine (C=N–C) groups is 1. The molecular weight excluding hydrogens is 513 g/mol. The summed E-state index contributed by atoms with van der Waals surface area (Å²) in [7, 11) is 0. The summed E-state index contributed by atoms with van der Waals surface area (Å²) in [5, 5.41) is 11.4. The molecule has 0 aliphatic carbocycles. The molecule has 3 nitrogen and oxygen atoms in total. The van der Waals surface area contributed by atoms with E-state index in [0.717, 1.165) is 27.9 Å². The van der Waals surface area contributed by atoms with Crippen molar-refractivity contribution in [1.82, 2.24) is 4.57 Å². The van der Waals surface area contributed by atoms with Gasteiger partial charge in [-0.25, -0.2) is 0 Å². The number of hydrogen-bond acceptors (Lipinski definition) is 2. The van der Waals surface area contributed by atoms with E-state index in [2.05, 4.69) is 108 Å². The molecule has 1 N–H and O–H groups in total. The average molecular weight is 546 g/mol. The van der Waals surface area contributed by atoms with Gasteiger partial charge in [0, 0.05) is 27.6 Å². The van der Waals surface area contributed by atoms with Gasteiger partial charge < -0.3 is 9.98 Å². The molecule has 0 aliphatic heterocycles. The second-order valence-corrected chi connectivity index (χ2v) is 13.8. The highest BCUT2D eigenvalue weighted by Crippen LogP contribution is 2.34. The predicted molar refractivity (Wildman–Crippen MR) is 179 cm³/mol. The second-order valence-electron chi connectivity index (χ2n) is 10.8. The van der Waals surface area contributed by atoms with Crippen molar-refractivity contribution in [3.63, 3.8) is 0 Å². The first-order valence-corrected chi connectivity index (χ1v) is 16.9. The van der Waals surface area contributed by atoms with E-state index in [9.17, 15) is 0 Å². The molecule has 1 heterocycles. The molecule has 5 aromatic carbocycles. The Hall–Kier alpha value is -4.49. The lowest BCUT2D eigenvalue weighted by Gasteiger charge is -2.13. The van der Waals surface area contributed by atoms with E-state index in [1.165, 1.54) is 31.8 Å². The zero-order valence-corrected chi connectivity index (χ0v) is 24.9. The molecule has 0 bridgehead atoms. The summed E-state index contributed by atoms with van der Waals surface area (Å²) >= 11 is -0.906. The Morgan fingerprint density at radius 2 is 1.49 bits per heavy atom. The summed E-state index contributed by atoms with van der Waals surface area (Å²) < 4.78 is 3.88. The number of para-hydroxylation sites is 1. The Balaban J connectivity index is 1.39. The van der Waals surface area contributed by atoms with Gasteiger partial charge in [0.15, 0.2) is 0 Å². The summed E-state index contributed by atoms with van der Waals surface area (Å²) in [6.07, 6.45) is 1.78. The number of nitrogens with one attached hydrogen (secondary N) is 1. The van der Waals surface area contributed by atoms with Gasteiger partial charge in [0.2, 0.25) is 0 Å². The van der Waals surface area contributed by atoms with Crippen LogP contribution in [0.4, 0.5) is 0 Å². The third-order valence-electron chi connectivity index (χ3n) is 7.84. The molecule has 0 spiro atoms. The molecule has 6 aromatic rings. The summed E-state index contributed by atoms with van der Waals surface area (Å²) in [5.74, 6) is 4.77. The number of hydrogen-bond donors (Lipinski definition) is 1. The lowest BCUT2D eigenvalue weighted by atomic mass is 9.96. The number of rotatable bonds is 7. The average Bonchev–Trinajstić information content (AvgIpc) is 3.34. The fraction of sp³-hybridized carbons (Fsp3) is 0.0811. The van der Waals surface area contributed by atoms with Gasteiger partial charge in [-0.3, -0.25) is 4.99 Å². The fourth-order valence-electron chi connectivity index (χ4n) is 5.64. The highest BCUT2D eigenvalue weighted by atomic mass is 27.2. The van der Waals surface area contributed by atoms with E-state index in [0.29, 0.717) is 11.4 Å². The third kappa shape index (κ3) is 5.09. The molecule has 0 saturated heterocycles. The van der Waals surface area contributed by atoms with Crippen LogP contribution in [-0.4, -0.2) is 31.1 Å². The summed E-state index contributed by atoms with van der Waals surface area (Å²) in [4.78, 5) is 4.18. The number of allylic oxidation sites excluding steroid dienone is 1. The van der Waals surface area contributed by atoms with Crippen molar-refractivity contribution < 1.29 is 0 Å². The molecule has 6 rings (SSSR count). The van der Waals surface area contributed by atoms with E-state index in [1.54, 1.807) is 6.08 Å². The molecule has 0 saturated carbocycles. The number of aromatic nitrogens is 1. The quantitative estimate of drug-likeness (QED) is 0.154. The van der Waals surface area contributed by atoms with Crippen LogP contribution in [0.5, 0.6) is 0 Å². The monoisotopic (exact) mass is 545 g/mol. The lowest BCUT2D eigenvalue weighted by molar-refractivity contribution is 1.17. The molecule has 41 heavy (non-hydrogen) atoms. The smallest absolute Gasteiger partial charge is 0.299 e. The van der Waals surface area contributed by atoms with Gasteiger partial charge in [0.1, 0.15) is 0 Å². The van der Waals surface area contributed by atoms with Crippen molar-refractivity contribution in [2.45, 2.75) is 18.5 Å². The highest BCUT2D eigenvalue weighted by molar-refractivity contribution is 6.71. The second kappa shape index (κ2) is 11.2. The Labute approximate surface area is 246 Å². The molecule has 1 aromatic heterocycles. The SMILES string of the molecule is C=N/C(=C\C(=N)c1cccc(-c2ccc(-n3c4ccccc4c4c[c]([Al]([CH3])[CH3])ccc43)cc2C)c1)c1ccccc1. The van der Waals surface area contributed by atoms with Gasteiger partial charge in [-0.15, -0.1) is 16.0 Å². The van der Waals surface area contributed by atoms with Crippen molar-refractivity contribution in [3.05, 3.63) is 138 Å². The highest BCUT2D eigenvalue weighted by Gasteiger charge is 2.16. The van der Waals surface area contributed by atoms with Crippen LogP contribution in [0, 0.1) is 12.3 Å². The van der Waals surface area contributed by atoms with Gasteiger partial charge in [-0.05, 0) is 66.7 Å². The normalized spacial score (nSPS) is 11.6. The van der Waals surface area contributed by atoms with E-state index in [4.69, 9.17) is 5.41 Å². The predicted octanol–water partition coefficient (Wildman–Crippen LogP) is 8.83. The van der Waals surface area contributed by atoms with E-state index in [-0.39, 0.29) is 0 Å². The van der Waals surface area contributed by atoms with E-state index >= 15 is 0 Å². The molecule has 0 unspecified atom stereocenters. The fourth-order valence-corrected chi connectivity index (χ4v) is 6.62. The maximum absolute atomic E-state index is 8.78. The van der Waals surface area contributed by atoms with Crippen LogP contribution in [0.3, 0.4) is 0 Å². The van der Waals surface area contributed by atoms with Crippen molar-refractivity contribution in [3.8, 4) is 16.8 Å². The van der Waals surface area contributed by atoms with Gasteiger partial charge in [-0.2, -0.15) is 0 Å². The molecule has 0 fully saturated rings. The molecule has 0 amide bonds. The Morgan fingerprint density at radius 1 is 0.756 bits per heavy atom. The van der Waals surface area contributed by atoms with Crippen molar-refractivity contribution >= 4 is 58.5 Å². The topological polar surface area (TPSA) is 41.1 Å². The maximum Gasteiger partial charge on any atom is 0.299 e. The number of aryl methyl sites for hydroxylation is 1. The Kier molecular flexibility index (Phi) is 7.29. The van der Waals surface area contributed by atoms with Gasteiger partial charge in [-0.1, -0.05) is 84.9 Å². The molecule has 198 valence electrons. The molecular formula is C37H32AlN3. The van der Waals surface area contributed by atoms with Crippen LogP contribution in [0.2, 0.25) is 11.6 Å². The standard InChI is InChI=1S/C35H26N3.2CH3.Al/c1-24-21-28(38-34-17-8-6-15-30(34)31-16-7-9-18-35(31)38)19-20-29(24)26-13-10-14-27(22-26)32(36)23-33(37-2)25-11-4-3-5-12-25;;;/h3-6,8-23,36H,2H2,1H3;2*1H3;/b33-23-,36-32?;;;. The first-order valence-electron chi connectivity index (χ1n) is 14.0. The largest absolute Gasteiger partial charge is 0.309 e. The van der Waals surface area contributed by atoms with Crippen LogP contribution in [0.1, 0.15) is 16.7 Å². The minimum atomic E-state index is -0.906. The van der Waals surface area contributed by atoms with Crippen molar-refractivity contribution in [1.29, 1.82) is 5.41 Å². The first-order chi connectivity index (χ1) is 19.9. The van der Waals surface area contributed by atoms with Crippen LogP contribution >= 0.6 is 0 Å². The molecule has 0 atom stereocenters. The van der Waals surface area contributed by atoms with Crippen molar-refractivity contribution in [2.24, 2.45) is 4.99 Å². The minimum absolute atomic E-state index is 0.404. The van der Waals surface area contributed by atoms with Crippen LogP contribution in [-0.2, 0) is 0 Å². The van der Waals surface area contributed by atoms with Crippen LogP contribution in [0.15, 0.2) is 126 Å². The van der Waals surface area contributed by atoms with Crippen LogP contribution in [0.25, 0.3) is 44.3 Å². The summed E-state index contributed by atoms with van der Waals surface area (Å²) in [6, 6.07) is 40.5.